The molecule has 0 aromatic heterocycles. The molecule has 0 heterocycles. The normalized spacial score (nSPS) is 11.4. The Hall–Kier alpha value is -0.870. The molecule has 0 aliphatic carbocycles. The maximum atomic E-state index is 11.1. The predicted octanol–water partition coefficient (Wildman–Crippen LogP) is 2.14. The topological polar surface area (TPSA) is 49.3 Å². The molecule has 0 aliphatic heterocycles. The van der Waals surface area contributed by atoms with Gasteiger partial charge in [-0.05, 0) is 30.2 Å². The molecular formula is C13H18BrNO2. The molecule has 2 N–H and O–H groups in total. The van der Waals surface area contributed by atoms with E-state index < -0.39 is 6.61 Å². The van der Waals surface area contributed by atoms with Gasteiger partial charge in [-0.25, -0.2) is 0 Å². The van der Waals surface area contributed by atoms with Crippen molar-refractivity contribution in [1.29, 1.82) is 0 Å². The van der Waals surface area contributed by atoms with E-state index in [4.69, 9.17) is 5.11 Å². The predicted molar refractivity (Wildman–Crippen MR) is 72.0 cm³/mol. The summed E-state index contributed by atoms with van der Waals surface area (Å²) in [6.45, 7) is 6.23. The number of carbonyl (C=O) groups excluding carboxylic acids is 1. The molecule has 0 saturated carbocycles. The lowest BCUT2D eigenvalue weighted by molar-refractivity contribution is -0.124. The summed E-state index contributed by atoms with van der Waals surface area (Å²) in [6, 6.07) is 6.12. The summed E-state index contributed by atoms with van der Waals surface area (Å²) in [6.07, 6.45) is 0. The van der Waals surface area contributed by atoms with Gasteiger partial charge in [0.2, 0.25) is 5.91 Å². The Labute approximate surface area is 110 Å². The number of amides is 1. The van der Waals surface area contributed by atoms with Gasteiger partial charge < -0.3 is 10.4 Å². The maximum Gasteiger partial charge on any atom is 0.245 e. The van der Waals surface area contributed by atoms with Crippen LogP contribution in [0.25, 0.3) is 0 Å². The number of rotatable bonds is 4. The Morgan fingerprint density at radius 1 is 1.47 bits per heavy atom. The van der Waals surface area contributed by atoms with Gasteiger partial charge in [0.25, 0.3) is 0 Å². The Kier molecular flexibility index (Phi) is 4.71. The van der Waals surface area contributed by atoms with Crippen molar-refractivity contribution in [3.63, 3.8) is 0 Å². The lowest BCUT2D eigenvalue weighted by atomic mass is 9.82. The van der Waals surface area contributed by atoms with Gasteiger partial charge >= 0.3 is 0 Å². The molecule has 4 heteroatoms. The summed E-state index contributed by atoms with van der Waals surface area (Å²) in [4.78, 5) is 11.1. The number of aliphatic hydroxyl groups is 1. The largest absolute Gasteiger partial charge is 0.387 e. The third kappa shape index (κ3) is 3.82. The Morgan fingerprint density at radius 2 is 2.12 bits per heavy atom. The molecule has 0 bridgehead atoms. The molecule has 0 fully saturated rings. The van der Waals surface area contributed by atoms with Gasteiger partial charge in [-0.1, -0.05) is 35.8 Å². The zero-order valence-electron chi connectivity index (χ0n) is 10.4. The molecule has 17 heavy (non-hydrogen) atoms. The molecule has 0 aliphatic rings. The highest BCUT2D eigenvalue weighted by Crippen LogP contribution is 2.28. The van der Waals surface area contributed by atoms with Gasteiger partial charge in [0.15, 0.2) is 0 Å². The van der Waals surface area contributed by atoms with Crippen molar-refractivity contribution in [1.82, 2.24) is 5.32 Å². The number of aliphatic hydroxyl groups excluding tert-OH is 1. The molecule has 0 unspecified atom stereocenters. The second-order valence-corrected chi connectivity index (χ2v) is 5.69. The zero-order chi connectivity index (χ0) is 13.1. The monoisotopic (exact) mass is 299 g/mol. The van der Waals surface area contributed by atoms with Crippen LogP contribution in [0.4, 0.5) is 0 Å². The molecule has 1 amide bonds. The van der Waals surface area contributed by atoms with E-state index in [1.807, 2.05) is 6.07 Å². The van der Waals surface area contributed by atoms with Gasteiger partial charge in [-0.3, -0.25) is 4.79 Å². The summed E-state index contributed by atoms with van der Waals surface area (Å²) in [7, 11) is 0. The average molecular weight is 300 g/mol. The number of halogens is 1. The van der Waals surface area contributed by atoms with Crippen LogP contribution < -0.4 is 5.32 Å². The standard InChI is InChI=1S/C13H18BrNO2/c1-9-4-5-10(14)6-11(9)13(2,3)8-15-12(17)7-16/h4-6,16H,7-8H2,1-3H3,(H,15,17). The van der Waals surface area contributed by atoms with Crippen LogP contribution in [0, 0.1) is 6.92 Å². The molecule has 1 rings (SSSR count). The average Bonchev–Trinajstić information content (AvgIpc) is 2.29. The van der Waals surface area contributed by atoms with Crippen LogP contribution in [0.2, 0.25) is 0 Å². The van der Waals surface area contributed by atoms with E-state index in [1.165, 1.54) is 11.1 Å². The first-order valence-electron chi connectivity index (χ1n) is 5.51. The van der Waals surface area contributed by atoms with Crippen molar-refractivity contribution in [3.05, 3.63) is 33.8 Å². The summed E-state index contributed by atoms with van der Waals surface area (Å²) in [5.41, 5.74) is 2.21. The quantitative estimate of drug-likeness (QED) is 0.895. The molecule has 0 atom stereocenters. The van der Waals surface area contributed by atoms with Gasteiger partial charge in [-0.15, -0.1) is 0 Å². The highest BCUT2D eigenvalue weighted by atomic mass is 79.9. The number of nitrogens with one attached hydrogen (secondary N) is 1. The summed E-state index contributed by atoms with van der Waals surface area (Å²) >= 11 is 3.46. The smallest absolute Gasteiger partial charge is 0.245 e. The molecule has 0 saturated heterocycles. The second-order valence-electron chi connectivity index (χ2n) is 4.78. The fourth-order valence-electron chi connectivity index (χ4n) is 1.79. The van der Waals surface area contributed by atoms with Crippen LogP contribution in [0.3, 0.4) is 0 Å². The van der Waals surface area contributed by atoms with E-state index in [0.717, 1.165) is 4.47 Å². The van der Waals surface area contributed by atoms with E-state index in [1.54, 1.807) is 0 Å². The van der Waals surface area contributed by atoms with Crippen molar-refractivity contribution in [2.75, 3.05) is 13.2 Å². The molecule has 0 radical (unpaired) electrons. The Morgan fingerprint density at radius 3 is 2.71 bits per heavy atom. The lowest BCUT2D eigenvalue weighted by Crippen LogP contribution is -2.38. The highest BCUT2D eigenvalue weighted by molar-refractivity contribution is 9.10. The van der Waals surface area contributed by atoms with E-state index >= 15 is 0 Å². The Balaban J connectivity index is 2.88. The van der Waals surface area contributed by atoms with E-state index in [2.05, 4.69) is 54.2 Å². The van der Waals surface area contributed by atoms with Crippen LogP contribution in [-0.2, 0) is 10.2 Å². The number of benzene rings is 1. The lowest BCUT2D eigenvalue weighted by Gasteiger charge is -2.27. The molecule has 94 valence electrons. The number of carbonyl (C=O) groups is 1. The van der Waals surface area contributed by atoms with E-state index in [9.17, 15) is 4.79 Å². The number of hydrogen-bond acceptors (Lipinski definition) is 2. The third-order valence-electron chi connectivity index (χ3n) is 2.80. The molecule has 0 spiro atoms. The van der Waals surface area contributed by atoms with Crippen LogP contribution in [0.15, 0.2) is 22.7 Å². The first-order chi connectivity index (χ1) is 7.86. The molecule has 3 nitrogen and oxygen atoms in total. The first-order valence-corrected chi connectivity index (χ1v) is 6.30. The van der Waals surface area contributed by atoms with E-state index in [-0.39, 0.29) is 11.3 Å². The first kappa shape index (κ1) is 14.2. The van der Waals surface area contributed by atoms with Gasteiger partial charge in [-0.2, -0.15) is 0 Å². The summed E-state index contributed by atoms with van der Waals surface area (Å²) in [5.74, 6) is -0.342. The van der Waals surface area contributed by atoms with Gasteiger partial charge in [0.1, 0.15) is 6.61 Å². The van der Waals surface area contributed by atoms with Crippen molar-refractivity contribution in [2.45, 2.75) is 26.2 Å². The summed E-state index contributed by atoms with van der Waals surface area (Å²) < 4.78 is 1.03. The molecule has 1 aromatic rings. The van der Waals surface area contributed by atoms with E-state index in [0.29, 0.717) is 6.54 Å². The third-order valence-corrected chi connectivity index (χ3v) is 3.29. The summed E-state index contributed by atoms with van der Waals surface area (Å²) in [5, 5.41) is 11.4. The minimum Gasteiger partial charge on any atom is -0.387 e. The van der Waals surface area contributed by atoms with Gasteiger partial charge in [0.05, 0.1) is 0 Å². The maximum absolute atomic E-state index is 11.1. The van der Waals surface area contributed by atoms with Crippen LogP contribution in [0.1, 0.15) is 25.0 Å². The number of aryl methyl sites for hydroxylation is 1. The van der Waals surface area contributed by atoms with Crippen LogP contribution >= 0.6 is 15.9 Å². The molecule has 1 aromatic carbocycles. The SMILES string of the molecule is Cc1ccc(Br)cc1C(C)(C)CNC(=O)CO. The van der Waals surface area contributed by atoms with Crippen molar-refractivity contribution in [2.24, 2.45) is 0 Å². The minimum atomic E-state index is -0.465. The molecular weight excluding hydrogens is 282 g/mol. The Bertz CT molecular complexity index is 416. The van der Waals surface area contributed by atoms with Crippen molar-refractivity contribution in [3.8, 4) is 0 Å². The number of hydrogen-bond donors (Lipinski definition) is 2. The van der Waals surface area contributed by atoms with Crippen molar-refractivity contribution < 1.29 is 9.90 Å². The zero-order valence-corrected chi connectivity index (χ0v) is 12.0. The highest BCUT2D eigenvalue weighted by Gasteiger charge is 2.23. The fraction of sp³-hybridized carbons (Fsp3) is 0.462. The van der Waals surface area contributed by atoms with Crippen molar-refractivity contribution >= 4 is 21.8 Å². The van der Waals surface area contributed by atoms with Crippen LogP contribution in [0.5, 0.6) is 0 Å². The fourth-order valence-corrected chi connectivity index (χ4v) is 2.16. The second kappa shape index (κ2) is 5.65. The van der Waals surface area contributed by atoms with Gasteiger partial charge in [0, 0.05) is 16.4 Å². The minimum absolute atomic E-state index is 0.168. The van der Waals surface area contributed by atoms with Crippen LogP contribution in [-0.4, -0.2) is 24.2 Å².